The number of nitrogens with zero attached hydrogens (tertiary/aromatic N) is 1. The second-order valence-corrected chi connectivity index (χ2v) is 6.17. The summed E-state index contributed by atoms with van der Waals surface area (Å²) < 4.78 is 22.3. The van der Waals surface area contributed by atoms with Gasteiger partial charge in [-0.15, -0.1) is 0 Å². The van der Waals surface area contributed by atoms with Crippen LogP contribution in [0.4, 0.5) is 4.79 Å². The fourth-order valence-electron chi connectivity index (χ4n) is 1.87. The van der Waals surface area contributed by atoms with Crippen molar-refractivity contribution in [3.05, 3.63) is 0 Å². The second-order valence-electron chi connectivity index (χ2n) is 3.94. The third-order valence-corrected chi connectivity index (χ3v) is 4.51. The van der Waals surface area contributed by atoms with Gasteiger partial charge in [0.15, 0.2) is 9.84 Å². The molecule has 0 aliphatic carbocycles. The van der Waals surface area contributed by atoms with Gasteiger partial charge in [0.05, 0.1) is 11.5 Å². The van der Waals surface area contributed by atoms with Crippen LogP contribution < -0.4 is 5.32 Å². The van der Waals surface area contributed by atoms with Crippen molar-refractivity contribution in [2.45, 2.75) is 6.42 Å². The quantitative estimate of drug-likeness (QED) is 0.472. The zero-order valence-corrected chi connectivity index (χ0v) is 9.12. The van der Waals surface area contributed by atoms with Crippen molar-refractivity contribution in [3.8, 4) is 0 Å². The molecule has 1 N–H and O–H groups in total. The molecule has 0 aromatic heterocycles. The molecule has 2 aliphatic heterocycles. The number of sulfone groups is 1. The fraction of sp³-hybridized carbons (Fsp3) is 0.625. The summed E-state index contributed by atoms with van der Waals surface area (Å²) in [4.78, 5) is 34.0. The highest BCUT2D eigenvalue weighted by atomic mass is 32.2. The number of carbonyl (C=O) groups excluding carboxylic acids is 3. The van der Waals surface area contributed by atoms with E-state index >= 15 is 0 Å². The Kier molecular flexibility index (Phi) is 2.45. The standard InChI is InChI=1S/C8H10N2O5S/c11-6-7(12)10(8(13)9-6)3-5-1-2-16(14,15)4-5/h5H,1-4H2,(H,9,11,13). The Morgan fingerprint density at radius 1 is 1.31 bits per heavy atom. The summed E-state index contributed by atoms with van der Waals surface area (Å²) in [5, 5.41) is 1.86. The highest BCUT2D eigenvalue weighted by Crippen LogP contribution is 2.20. The molecule has 0 aromatic rings. The SMILES string of the molecule is O=C1NC(=O)N(CC2CCS(=O)(=O)C2)C1=O. The van der Waals surface area contributed by atoms with Crippen LogP contribution in [0, 0.1) is 5.92 Å². The van der Waals surface area contributed by atoms with Gasteiger partial charge in [-0.3, -0.25) is 19.8 Å². The zero-order valence-electron chi connectivity index (χ0n) is 8.30. The number of rotatable bonds is 2. The minimum absolute atomic E-state index is 0.00433. The summed E-state index contributed by atoms with van der Waals surface area (Å²) >= 11 is 0. The third kappa shape index (κ3) is 1.92. The summed E-state index contributed by atoms with van der Waals surface area (Å²) in [7, 11) is -3.04. The van der Waals surface area contributed by atoms with Crippen LogP contribution >= 0.6 is 0 Å². The molecule has 0 bridgehead atoms. The maximum absolute atomic E-state index is 11.2. The van der Waals surface area contributed by atoms with E-state index in [-0.39, 0.29) is 24.0 Å². The van der Waals surface area contributed by atoms with E-state index in [1.54, 1.807) is 0 Å². The molecule has 1 unspecified atom stereocenters. The first-order valence-corrected chi connectivity index (χ1v) is 6.58. The Labute approximate surface area is 91.7 Å². The molecule has 2 rings (SSSR count). The van der Waals surface area contributed by atoms with Gasteiger partial charge in [0.1, 0.15) is 0 Å². The molecule has 4 amide bonds. The largest absolute Gasteiger partial charge is 0.331 e. The van der Waals surface area contributed by atoms with E-state index in [9.17, 15) is 22.8 Å². The van der Waals surface area contributed by atoms with Crippen LogP contribution in [-0.4, -0.2) is 49.2 Å². The van der Waals surface area contributed by atoms with E-state index in [1.807, 2.05) is 5.32 Å². The van der Waals surface area contributed by atoms with Crippen LogP contribution in [0.25, 0.3) is 0 Å². The molecule has 2 saturated heterocycles. The van der Waals surface area contributed by atoms with E-state index in [0.29, 0.717) is 6.42 Å². The normalized spacial score (nSPS) is 28.6. The van der Waals surface area contributed by atoms with Gasteiger partial charge in [0.25, 0.3) is 0 Å². The first kappa shape index (κ1) is 11.1. The Hall–Kier alpha value is -1.44. The van der Waals surface area contributed by atoms with Gasteiger partial charge in [-0.1, -0.05) is 0 Å². The molecule has 0 saturated carbocycles. The van der Waals surface area contributed by atoms with Crippen molar-refractivity contribution in [2.24, 2.45) is 5.92 Å². The van der Waals surface area contributed by atoms with Gasteiger partial charge in [-0.25, -0.2) is 13.2 Å². The van der Waals surface area contributed by atoms with E-state index < -0.39 is 27.7 Å². The topological polar surface area (TPSA) is 101 Å². The molecule has 2 fully saturated rings. The first-order valence-electron chi connectivity index (χ1n) is 4.76. The van der Waals surface area contributed by atoms with Crippen LogP contribution in [-0.2, 0) is 19.4 Å². The van der Waals surface area contributed by atoms with Crippen LogP contribution in [0.15, 0.2) is 0 Å². The number of urea groups is 1. The Balaban J connectivity index is 2.04. The molecule has 8 heteroatoms. The summed E-state index contributed by atoms with van der Waals surface area (Å²) in [5.74, 6) is -2.07. The number of amides is 4. The predicted octanol–water partition coefficient (Wildman–Crippen LogP) is -1.50. The first-order chi connectivity index (χ1) is 7.39. The minimum Gasteiger partial charge on any atom is -0.269 e. The lowest BCUT2D eigenvalue weighted by Crippen LogP contribution is -2.36. The van der Waals surface area contributed by atoms with E-state index in [0.717, 1.165) is 4.90 Å². The maximum Gasteiger partial charge on any atom is 0.331 e. The monoisotopic (exact) mass is 246 g/mol. The van der Waals surface area contributed by atoms with Crippen molar-refractivity contribution in [1.29, 1.82) is 0 Å². The number of hydrogen-bond donors (Lipinski definition) is 1. The highest BCUT2D eigenvalue weighted by molar-refractivity contribution is 7.91. The Bertz CT molecular complexity index is 469. The van der Waals surface area contributed by atoms with Gasteiger partial charge >= 0.3 is 17.8 Å². The van der Waals surface area contributed by atoms with E-state index in [4.69, 9.17) is 0 Å². The average molecular weight is 246 g/mol. The summed E-state index contributed by atoms with van der Waals surface area (Å²) in [6.07, 6.45) is 0.424. The maximum atomic E-state index is 11.2. The molecule has 2 aliphatic rings. The zero-order chi connectivity index (χ0) is 11.9. The van der Waals surface area contributed by atoms with Gasteiger partial charge in [0.2, 0.25) is 0 Å². The lowest BCUT2D eigenvalue weighted by atomic mass is 10.1. The second kappa shape index (κ2) is 3.55. The van der Waals surface area contributed by atoms with Crippen LogP contribution in [0.5, 0.6) is 0 Å². The fourth-order valence-corrected chi connectivity index (χ4v) is 3.72. The van der Waals surface area contributed by atoms with Gasteiger partial charge in [-0.2, -0.15) is 0 Å². The highest BCUT2D eigenvalue weighted by Gasteiger charge is 2.40. The third-order valence-electron chi connectivity index (χ3n) is 2.67. The van der Waals surface area contributed by atoms with Crippen molar-refractivity contribution < 1.29 is 22.8 Å². The number of hydrogen-bond acceptors (Lipinski definition) is 5. The van der Waals surface area contributed by atoms with Gasteiger partial charge in [0, 0.05) is 6.54 Å². The van der Waals surface area contributed by atoms with E-state index in [1.165, 1.54) is 0 Å². The van der Waals surface area contributed by atoms with Crippen LogP contribution in [0.1, 0.15) is 6.42 Å². The smallest absolute Gasteiger partial charge is 0.269 e. The number of carbonyl (C=O) groups is 3. The van der Waals surface area contributed by atoms with Gasteiger partial charge in [-0.05, 0) is 12.3 Å². The minimum atomic E-state index is -3.04. The van der Waals surface area contributed by atoms with Crippen molar-refractivity contribution in [2.75, 3.05) is 18.1 Å². The molecule has 0 radical (unpaired) electrons. The molecule has 1 atom stereocenters. The lowest BCUT2D eigenvalue weighted by Gasteiger charge is -2.14. The molecular formula is C8H10N2O5S. The van der Waals surface area contributed by atoms with E-state index in [2.05, 4.69) is 0 Å². The molecule has 0 spiro atoms. The lowest BCUT2D eigenvalue weighted by molar-refractivity contribution is -0.140. The predicted molar refractivity (Wildman–Crippen MR) is 52.0 cm³/mol. The average Bonchev–Trinajstić information content (AvgIpc) is 2.62. The molecule has 88 valence electrons. The number of imide groups is 2. The van der Waals surface area contributed by atoms with Crippen molar-refractivity contribution >= 4 is 27.7 Å². The number of nitrogens with one attached hydrogen (secondary N) is 1. The summed E-state index contributed by atoms with van der Waals surface area (Å²) in [6.45, 7) is -0.00433. The summed E-state index contributed by atoms with van der Waals surface area (Å²) in [6, 6.07) is -0.765. The van der Waals surface area contributed by atoms with Crippen molar-refractivity contribution in [1.82, 2.24) is 10.2 Å². The molecule has 7 nitrogen and oxygen atoms in total. The van der Waals surface area contributed by atoms with Crippen LogP contribution in [0.3, 0.4) is 0 Å². The molecule has 16 heavy (non-hydrogen) atoms. The van der Waals surface area contributed by atoms with Crippen LogP contribution in [0.2, 0.25) is 0 Å². The summed E-state index contributed by atoms with van der Waals surface area (Å²) in [5.41, 5.74) is 0. The molecule has 2 heterocycles. The Morgan fingerprint density at radius 3 is 2.44 bits per heavy atom. The van der Waals surface area contributed by atoms with Crippen molar-refractivity contribution in [3.63, 3.8) is 0 Å². The van der Waals surface area contributed by atoms with Gasteiger partial charge < -0.3 is 0 Å². The molecule has 0 aromatic carbocycles. The molecular weight excluding hydrogens is 236 g/mol. The Morgan fingerprint density at radius 2 is 2.00 bits per heavy atom.